The van der Waals surface area contributed by atoms with Crippen LogP contribution in [0.2, 0.25) is 0 Å². The average Bonchev–Trinajstić information content (AvgIpc) is 3.12. The minimum atomic E-state index is -0.0904. The second-order valence-electron chi connectivity index (χ2n) is 5.92. The first-order valence-corrected chi connectivity index (χ1v) is 9.48. The molecule has 0 aliphatic carbocycles. The number of fused-ring (bicyclic) bond motifs is 1. The zero-order valence-electron chi connectivity index (χ0n) is 14.4. The fourth-order valence-electron chi connectivity index (χ4n) is 2.70. The molecule has 0 atom stereocenters. The Bertz CT molecular complexity index is 1030. The Balaban J connectivity index is 1.40. The van der Waals surface area contributed by atoms with Gasteiger partial charge in [0.2, 0.25) is 11.1 Å². The van der Waals surface area contributed by atoms with Gasteiger partial charge in [0.05, 0.1) is 5.75 Å². The predicted octanol–water partition coefficient (Wildman–Crippen LogP) is 3.45. The molecule has 0 fully saturated rings. The molecule has 1 amide bonds. The highest BCUT2D eigenvalue weighted by molar-refractivity contribution is 7.99. The fraction of sp³-hybridized carbons (Fsp3) is 0.100. The van der Waals surface area contributed by atoms with Crippen molar-refractivity contribution in [3.05, 3.63) is 84.2 Å². The van der Waals surface area contributed by atoms with E-state index in [1.807, 2.05) is 42.5 Å². The van der Waals surface area contributed by atoms with E-state index < -0.39 is 0 Å². The molecule has 2 aromatic carbocycles. The molecule has 6 nitrogen and oxygen atoms in total. The van der Waals surface area contributed by atoms with Crippen molar-refractivity contribution in [1.29, 1.82) is 0 Å². The number of thioether (sulfide) groups is 1. The summed E-state index contributed by atoms with van der Waals surface area (Å²) in [6.45, 7) is 0. The van der Waals surface area contributed by atoms with E-state index in [9.17, 15) is 4.79 Å². The number of amides is 1. The summed E-state index contributed by atoms with van der Waals surface area (Å²) in [6.07, 6.45) is 4.21. The van der Waals surface area contributed by atoms with Crippen LogP contribution in [0, 0.1) is 0 Å². The highest BCUT2D eigenvalue weighted by atomic mass is 32.2. The van der Waals surface area contributed by atoms with E-state index in [1.165, 1.54) is 17.3 Å². The molecular weight excluding hydrogens is 358 g/mol. The molecular formula is C20H17N5OS. The van der Waals surface area contributed by atoms with Gasteiger partial charge in [-0.1, -0.05) is 60.3 Å². The number of aromatic nitrogens is 4. The highest BCUT2D eigenvalue weighted by Gasteiger charge is 2.10. The molecule has 0 saturated heterocycles. The smallest absolute Gasteiger partial charge is 0.253 e. The Kier molecular flexibility index (Phi) is 5.11. The maximum atomic E-state index is 12.4. The summed E-state index contributed by atoms with van der Waals surface area (Å²) >= 11 is 1.29. The largest absolute Gasteiger partial charge is 0.325 e. The van der Waals surface area contributed by atoms with Gasteiger partial charge in [-0.2, -0.15) is 4.98 Å². The van der Waals surface area contributed by atoms with Gasteiger partial charge in [0.15, 0.2) is 0 Å². The van der Waals surface area contributed by atoms with Crippen LogP contribution in [0.5, 0.6) is 0 Å². The molecule has 1 N–H and O–H groups in total. The van der Waals surface area contributed by atoms with Gasteiger partial charge in [-0.3, -0.25) is 4.79 Å². The summed E-state index contributed by atoms with van der Waals surface area (Å²) in [5, 5.41) is 7.82. The van der Waals surface area contributed by atoms with Crippen LogP contribution in [-0.4, -0.2) is 31.2 Å². The molecule has 7 heteroatoms. The Labute approximate surface area is 160 Å². The van der Waals surface area contributed by atoms with E-state index in [2.05, 4.69) is 32.5 Å². The van der Waals surface area contributed by atoms with Crippen LogP contribution in [0.1, 0.15) is 11.1 Å². The fourth-order valence-corrected chi connectivity index (χ4v) is 3.33. The van der Waals surface area contributed by atoms with Crippen molar-refractivity contribution in [3.8, 4) is 0 Å². The number of hydrogen-bond acceptors (Lipinski definition) is 5. The normalized spacial score (nSPS) is 10.8. The van der Waals surface area contributed by atoms with E-state index in [4.69, 9.17) is 0 Å². The number of nitrogens with zero attached hydrogens (tertiary/aromatic N) is 4. The number of para-hydroxylation sites is 1. The van der Waals surface area contributed by atoms with Crippen LogP contribution in [0.15, 0.2) is 78.2 Å². The van der Waals surface area contributed by atoms with Gasteiger partial charge in [-0.15, -0.1) is 5.10 Å². The van der Waals surface area contributed by atoms with Crippen LogP contribution >= 0.6 is 11.8 Å². The lowest BCUT2D eigenvalue weighted by molar-refractivity contribution is -0.113. The number of benzene rings is 2. The first kappa shape index (κ1) is 17.2. The minimum absolute atomic E-state index is 0.0904. The lowest BCUT2D eigenvalue weighted by atomic mass is 10.0. The van der Waals surface area contributed by atoms with Gasteiger partial charge >= 0.3 is 0 Å². The maximum absolute atomic E-state index is 12.4. The third-order valence-corrected chi connectivity index (χ3v) is 4.80. The Morgan fingerprint density at radius 1 is 1.04 bits per heavy atom. The number of hydrogen-bond donors (Lipinski definition) is 1. The van der Waals surface area contributed by atoms with Crippen molar-refractivity contribution in [2.75, 3.05) is 11.1 Å². The van der Waals surface area contributed by atoms with Crippen LogP contribution in [-0.2, 0) is 11.2 Å². The van der Waals surface area contributed by atoms with E-state index in [1.54, 1.807) is 23.0 Å². The number of carbonyl (C=O) groups is 1. The van der Waals surface area contributed by atoms with Gasteiger partial charge < -0.3 is 5.32 Å². The van der Waals surface area contributed by atoms with Crippen molar-refractivity contribution in [2.24, 2.45) is 0 Å². The summed E-state index contributed by atoms with van der Waals surface area (Å²) < 4.78 is 1.59. The van der Waals surface area contributed by atoms with E-state index in [-0.39, 0.29) is 11.7 Å². The van der Waals surface area contributed by atoms with Crippen LogP contribution in [0.25, 0.3) is 5.78 Å². The van der Waals surface area contributed by atoms with Crippen molar-refractivity contribution < 1.29 is 4.79 Å². The Hall–Kier alpha value is -3.19. The molecule has 4 aromatic rings. The first-order valence-electron chi connectivity index (χ1n) is 8.50. The molecule has 27 heavy (non-hydrogen) atoms. The Morgan fingerprint density at radius 3 is 2.70 bits per heavy atom. The third kappa shape index (κ3) is 4.32. The van der Waals surface area contributed by atoms with Gasteiger partial charge in [-0.05, 0) is 29.7 Å². The number of nitrogens with one attached hydrogen (secondary N) is 1. The average molecular weight is 375 g/mol. The zero-order valence-corrected chi connectivity index (χ0v) is 15.3. The molecule has 4 rings (SSSR count). The molecule has 0 radical (unpaired) electrons. The molecule has 2 heterocycles. The lowest BCUT2D eigenvalue weighted by Crippen LogP contribution is -2.15. The summed E-state index contributed by atoms with van der Waals surface area (Å²) in [6, 6.07) is 19.8. The summed E-state index contributed by atoms with van der Waals surface area (Å²) in [4.78, 5) is 20.8. The Morgan fingerprint density at radius 2 is 1.85 bits per heavy atom. The van der Waals surface area contributed by atoms with Crippen molar-refractivity contribution in [3.63, 3.8) is 0 Å². The van der Waals surface area contributed by atoms with E-state index in [0.29, 0.717) is 10.9 Å². The standard InChI is InChI=1S/C20H17N5OS/c26-18(14-27-20-23-19-21-11-6-12-25(19)24-20)22-17-10-5-4-9-16(17)13-15-7-2-1-3-8-15/h1-12H,13-14H2,(H,22,26). The molecule has 134 valence electrons. The minimum Gasteiger partial charge on any atom is -0.325 e. The zero-order chi connectivity index (χ0) is 18.5. The maximum Gasteiger partial charge on any atom is 0.253 e. The SMILES string of the molecule is O=C(CSc1nc2ncccn2n1)Nc1ccccc1Cc1ccccc1. The van der Waals surface area contributed by atoms with Gasteiger partial charge in [-0.25, -0.2) is 9.50 Å². The predicted molar refractivity (Wildman–Crippen MR) is 106 cm³/mol. The van der Waals surface area contributed by atoms with E-state index >= 15 is 0 Å². The second-order valence-corrected chi connectivity index (χ2v) is 6.86. The van der Waals surface area contributed by atoms with Gasteiger partial charge in [0, 0.05) is 18.1 Å². The molecule has 0 aliphatic rings. The lowest BCUT2D eigenvalue weighted by Gasteiger charge is -2.11. The van der Waals surface area contributed by atoms with Crippen molar-refractivity contribution in [2.45, 2.75) is 11.6 Å². The van der Waals surface area contributed by atoms with Crippen molar-refractivity contribution >= 4 is 29.1 Å². The number of anilines is 1. The molecule has 0 aliphatic heterocycles. The first-order chi connectivity index (χ1) is 13.3. The van der Waals surface area contributed by atoms with Crippen molar-refractivity contribution in [1.82, 2.24) is 19.6 Å². The quantitative estimate of drug-likeness (QED) is 0.523. The molecule has 0 saturated carbocycles. The topological polar surface area (TPSA) is 72.2 Å². The second kappa shape index (κ2) is 8.01. The van der Waals surface area contributed by atoms with Crippen LogP contribution in [0.3, 0.4) is 0 Å². The molecule has 0 unspecified atom stereocenters. The van der Waals surface area contributed by atoms with E-state index in [0.717, 1.165) is 17.7 Å². The molecule has 0 bridgehead atoms. The monoisotopic (exact) mass is 375 g/mol. The summed E-state index contributed by atoms with van der Waals surface area (Å²) in [5.74, 6) is 0.664. The molecule has 0 spiro atoms. The van der Waals surface area contributed by atoms with Gasteiger partial charge in [0.25, 0.3) is 5.78 Å². The highest BCUT2D eigenvalue weighted by Crippen LogP contribution is 2.20. The van der Waals surface area contributed by atoms with Crippen LogP contribution in [0.4, 0.5) is 5.69 Å². The molecule has 2 aromatic heterocycles. The van der Waals surface area contributed by atoms with Crippen LogP contribution < -0.4 is 5.32 Å². The summed E-state index contributed by atoms with van der Waals surface area (Å²) in [7, 11) is 0. The summed E-state index contributed by atoms with van der Waals surface area (Å²) in [5.41, 5.74) is 3.11. The van der Waals surface area contributed by atoms with Gasteiger partial charge in [0.1, 0.15) is 0 Å². The number of rotatable bonds is 6. The third-order valence-electron chi connectivity index (χ3n) is 3.96. The number of carbonyl (C=O) groups excluding carboxylic acids is 1.